The predicted octanol–water partition coefficient (Wildman–Crippen LogP) is 3.84. The maximum atomic E-state index is 13.1. The van der Waals surface area contributed by atoms with Crippen molar-refractivity contribution in [3.05, 3.63) is 89.7 Å². The minimum absolute atomic E-state index is 0.187. The molecule has 6 nitrogen and oxygen atoms in total. The van der Waals surface area contributed by atoms with Crippen molar-refractivity contribution in [3.8, 4) is 11.5 Å². The first-order chi connectivity index (χ1) is 16.9. The van der Waals surface area contributed by atoms with Crippen LogP contribution in [0.5, 0.6) is 11.5 Å². The molecular weight excluding hydrogens is 469 g/mol. The van der Waals surface area contributed by atoms with Gasteiger partial charge in [0.05, 0.1) is 0 Å². The Balaban J connectivity index is 1.19. The summed E-state index contributed by atoms with van der Waals surface area (Å²) in [5.74, 6) is 0.891. The van der Waals surface area contributed by atoms with E-state index in [1.807, 2.05) is 12.1 Å². The highest BCUT2D eigenvalue weighted by molar-refractivity contribution is 6.19. The maximum absolute atomic E-state index is 13.1. The highest BCUT2D eigenvalue weighted by Gasteiger charge is 2.20. The van der Waals surface area contributed by atoms with E-state index in [0.717, 1.165) is 38.2 Å². The van der Waals surface area contributed by atoms with Crippen LogP contribution in [-0.2, 0) is 6.42 Å². The summed E-state index contributed by atoms with van der Waals surface area (Å²) in [4.78, 5) is 4.60. The van der Waals surface area contributed by atoms with Crippen LogP contribution in [0.3, 0.4) is 0 Å². The van der Waals surface area contributed by atoms with Crippen molar-refractivity contribution in [3.63, 3.8) is 0 Å². The molecule has 8 heteroatoms. The summed E-state index contributed by atoms with van der Waals surface area (Å²) >= 11 is 5.65. The van der Waals surface area contributed by atoms with E-state index in [2.05, 4.69) is 34.1 Å². The molecule has 0 bridgehead atoms. The molecule has 0 spiro atoms. The highest BCUT2D eigenvalue weighted by atomic mass is 35.5. The van der Waals surface area contributed by atoms with Crippen LogP contribution in [0.2, 0.25) is 0 Å². The summed E-state index contributed by atoms with van der Waals surface area (Å²) in [6.45, 7) is 4.25. The van der Waals surface area contributed by atoms with Crippen LogP contribution in [-0.4, -0.2) is 61.1 Å². The van der Waals surface area contributed by atoms with E-state index < -0.39 is 11.8 Å². The van der Waals surface area contributed by atoms with Gasteiger partial charge in [-0.1, -0.05) is 41.9 Å². The minimum atomic E-state index is -0.922. The van der Waals surface area contributed by atoms with Crippen molar-refractivity contribution in [2.75, 3.05) is 44.2 Å². The van der Waals surface area contributed by atoms with Gasteiger partial charge >= 0.3 is 0 Å². The molecule has 3 aromatic carbocycles. The van der Waals surface area contributed by atoms with E-state index in [4.69, 9.17) is 26.8 Å². The van der Waals surface area contributed by atoms with Crippen LogP contribution in [0.1, 0.15) is 11.1 Å². The largest absolute Gasteiger partial charge is 0.491 e. The van der Waals surface area contributed by atoms with E-state index in [1.165, 1.54) is 23.4 Å². The van der Waals surface area contributed by atoms with E-state index in [1.54, 1.807) is 24.3 Å². The summed E-state index contributed by atoms with van der Waals surface area (Å²) in [6.07, 6.45) is 0.179. The van der Waals surface area contributed by atoms with Crippen molar-refractivity contribution in [1.29, 1.82) is 0 Å². The van der Waals surface area contributed by atoms with Crippen LogP contribution in [0.4, 0.5) is 10.1 Å². The first-order valence-corrected chi connectivity index (χ1v) is 12.2. The van der Waals surface area contributed by atoms with Gasteiger partial charge in [0.15, 0.2) is 0 Å². The molecule has 1 aliphatic heterocycles. The molecule has 3 aromatic rings. The second-order valence-corrected chi connectivity index (χ2v) is 9.10. The average Bonchev–Trinajstić information content (AvgIpc) is 2.85. The Morgan fingerprint density at radius 3 is 2.20 bits per heavy atom. The fraction of sp³-hybridized carbons (Fsp3) is 0.333. The van der Waals surface area contributed by atoms with Crippen LogP contribution in [0.25, 0.3) is 0 Å². The smallest absolute Gasteiger partial charge is 0.225 e. The molecule has 1 saturated heterocycles. The van der Waals surface area contributed by atoms with E-state index in [0.29, 0.717) is 18.0 Å². The molecule has 4 rings (SSSR count). The fourth-order valence-electron chi connectivity index (χ4n) is 4.16. The Morgan fingerprint density at radius 1 is 0.914 bits per heavy atom. The molecule has 1 heterocycles. The number of aliphatic hydroxyl groups excluding tert-OH is 1. The number of rotatable bonds is 10. The zero-order chi connectivity index (χ0) is 24.6. The number of ether oxygens (including phenoxy) is 2. The van der Waals surface area contributed by atoms with Gasteiger partial charge in [-0.05, 0) is 53.9 Å². The van der Waals surface area contributed by atoms with Crippen LogP contribution >= 0.6 is 11.6 Å². The van der Waals surface area contributed by atoms with Gasteiger partial charge in [0.2, 0.25) is 5.69 Å². The molecule has 2 atom stereocenters. The standard InChI is InChI=1S/C27H31ClFN3O3/c28-27(30)35-26-3-1-2-25(17-26)34-19-24(33)18-31-12-14-32(15-13-31)23-10-6-21(7-11-23)16-20-4-8-22(29)9-5-20/h1-11,17,24,27,33H,12-16,18-19,30H2/t24-,27-/m0/s1. The Kier molecular flexibility index (Phi) is 8.82. The van der Waals surface area contributed by atoms with Gasteiger partial charge in [0, 0.05) is 44.5 Å². The lowest BCUT2D eigenvalue weighted by molar-refractivity contribution is 0.0662. The van der Waals surface area contributed by atoms with Gasteiger partial charge in [-0.3, -0.25) is 10.6 Å². The van der Waals surface area contributed by atoms with Crippen molar-refractivity contribution in [2.24, 2.45) is 5.73 Å². The lowest BCUT2D eigenvalue weighted by Crippen LogP contribution is -2.49. The Hall–Kier alpha value is -2.84. The number of benzene rings is 3. The molecule has 1 aliphatic rings. The molecule has 3 N–H and O–H groups in total. The summed E-state index contributed by atoms with van der Waals surface area (Å²) in [7, 11) is 0. The van der Waals surface area contributed by atoms with Crippen molar-refractivity contribution in [2.45, 2.75) is 18.2 Å². The number of nitrogens with two attached hydrogens (primary N) is 1. The van der Waals surface area contributed by atoms with E-state index in [-0.39, 0.29) is 12.4 Å². The molecule has 0 unspecified atom stereocenters. The Bertz CT molecular complexity index is 1060. The van der Waals surface area contributed by atoms with E-state index >= 15 is 0 Å². The molecule has 0 aliphatic carbocycles. The topological polar surface area (TPSA) is 71.2 Å². The van der Waals surface area contributed by atoms with Crippen LogP contribution in [0, 0.1) is 5.82 Å². The monoisotopic (exact) mass is 499 g/mol. The first-order valence-electron chi connectivity index (χ1n) is 11.7. The van der Waals surface area contributed by atoms with Crippen molar-refractivity contribution < 1.29 is 19.0 Å². The zero-order valence-corrected chi connectivity index (χ0v) is 20.3. The molecular formula is C27H31ClFN3O3. The van der Waals surface area contributed by atoms with Gasteiger partial charge < -0.3 is 19.5 Å². The van der Waals surface area contributed by atoms with Crippen LogP contribution < -0.4 is 20.1 Å². The lowest BCUT2D eigenvalue weighted by atomic mass is 10.0. The summed E-state index contributed by atoms with van der Waals surface area (Å²) in [5, 5.41) is 10.5. The number of piperazine rings is 1. The number of aliphatic hydroxyl groups is 1. The number of hydrogen-bond acceptors (Lipinski definition) is 6. The second kappa shape index (κ2) is 12.2. The van der Waals surface area contributed by atoms with Crippen molar-refractivity contribution >= 4 is 17.3 Å². The molecule has 0 saturated carbocycles. The average molecular weight is 500 g/mol. The minimum Gasteiger partial charge on any atom is -0.491 e. The maximum Gasteiger partial charge on any atom is 0.225 e. The third-order valence-corrected chi connectivity index (χ3v) is 6.05. The quantitative estimate of drug-likeness (QED) is 0.251. The number of anilines is 1. The molecule has 1 fully saturated rings. The number of alkyl halides is 1. The zero-order valence-electron chi connectivity index (χ0n) is 19.5. The summed E-state index contributed by atoms with van der Waals surface area (Å²) in [6, 6.07) is 22.2. The Morgan fingerprint density at radius 2 is 1.54 bits per heavy atom. The van der Waals surface area contributed by atoms with Gasteiger partial charge in [-0.25, -0.2) is 4.39 Å². The number of hydrogen-bond donors (Lipinski definition) is 2. The normalized spacial score (nSPS) is 16.1. The molecule has 35 heavy (non-hydrogen) atoms. The lowest BCUT2D eigenvalue weighted by Gasteiger charge is -2.37. The fourth-order valence-corrected chi connectivity index (χ4v) is 4.26. The third-order valence-electron chi connectivity index (χ3n) is 5.96. The molecule has 186 valence electrons. The molecule has 0 radical (unpaired) electrons. The predicted molar refractivity (Wildman–Crippen MR) is 137 cm³/mol. The second-order valence-electron chi connectivity index (χ2n) is 8.67. The van der Waals surface area contributed by atoms with Crippen molar-refractivity contribution in [1.82, 2.24) is 4.90 Å². The van der Waals surface area contributed by atoms with Crippen LogP contribution in [0.15, 0.2) is 72.8 Å². The van der Waals surface area contributed by atoms with Gasteiger partial charge in [0.1, 0.15) is 30.0 Å². The third kappa shape index (κ3) is 7.83. The summed E-state index contributed by atoms with van der Waals surface area (Å²) < 4.78 is 24.1. The summed E-state index contributed by atoms with van der Waals surface area (Å²) in [5.41, 5.74) is 7.99. The van der Waals surface area contributed by atoms with E-state index in [9.17, 15) is 9.50 Å². The number of β-amino-alcohol motifs (C(OH)–C–C–N with tert-alkyl or cyclic N) is 1. The first kappa shape index (κ1) is 25.3. The highest BCUT2D eigenvalue weighted by Crippen LogP contribution is 2.21. The van der Waals surface area contributed by atoms with Gasteiger partial charge in [-0.15, -0.1) is 0 Å². The Labute approximate surface area is 210 Å². The van der Waals surface area contributed by atoms with Gasteiger partial charge in [-0.2, -0.15) is 0 Å². The molecule has 0 amide bonds. The van der Waals surface area contributed by atoms with Gasteiger partial charge in [0.25, 0.3) is 0 Å². The molecule has 0 aromatic heterocycles. The SMILES string of the molecule is N[C@H](Cl)Oc1cccc(OC[C@@H](O)CN2CCN(c3ccc(Cc4ccc(F)cc4)cc3)CC2)c1. The number of halogens is 2. The number of nitrogens with zero attached hydrogens (tertiary/aromatic N) is 2.